The summed E-state index contributed by atoms with van der Waals surface area (Å²) in [6, 6.07) is 11.8. The summed E-state index contributed by atoms with van der Waals surface area (Å²) in [6.07, 6.45) is 0. The van der Waals surface area contributed by atoms with Crippen LogP contribution in [0.15, 0.2) is 51.9 Å². The van der Waals surface area contributed by atoms with E-state index in [2.05, 4.69) is 25.7 Å². The number of carbonyl (C=O) groups excluding carboxylic acids is 1. The summed E-state index contributed by atoms with van der Waals surface area (Å²) in [5.41, 5.74) is 6.14. The van der Waals surface area contributed by atoms with Crippen molar-refractivity contribution in [1.29, 1.82) is 0 Å². The molecule has 1 atom stereocenters. The van der Waals surface area contributed by atoms with Crippen molar-refractivity contribution >= 4 is 27.8 Å². The van der Waals surface area contributed by atoms with Crippen LogP contribution in [0.5, 0.6) is 5.75 Å². The summed E-state index contributed by atoms with van der Waals surface area (Å²) < 4.78 is 30.3. The van der Waals surface area contributed by atoms with Crippen molar-refractivity contribution in [2.45, 2.75) is 19.1 Å². The molecule has 0 unspecified atom stereocenters. The van der Waals surface area contributed by atoms with Gasteiger partial charge in [-0.3, -0.25) is 9.69 Å². The first kappa shape index (κ1) is 18.3. The molecule has 0 saturated carbocycles. The van der Waals surface area contributed by atoms with Gasteiger partial charge < -0.3 is 10.5 Å². The number of halogens is 3. The number of aryl methyl sites for hydroxylation is 1. The fraction of sp³-hybridized carbons (Fsp3) is 0.222. The molecular formula is C18H16BrF2N3O2. The van der Waals surface area contributed by atoms with E-state index in [1.54, 1.807) is 44.3 Å². The van der Waals surface area contributed by atoms with Gasteiger partial charge in [0.15, 0.2) is 11.5 Å². The maximum absolute atomic E-state index is 13.1. The largest absolute Gasteiger partial charge is 0.435 e. The number of likely N-dealkylation sites (N-methyl/N-ethyl adjacent to an activating group) is 1. The minimum Gasteiger partial charge on any atom is -0.435 e. The summed E-state index contributed by atoms with van der Waals surface area (Å²) >= 11 is 3.40. The topological polar surface area (TPSA) is 67.9 Å². The second kappa shape index (κ2) is 6.68. The number of amides is 1. The quantitative estimate of drug-likeness (QED) is 0.819. The number of guanidine groups is 1. The number of nitrogens with zero attached hydrogens (tertiary/aromatic N) is 2. The molecule has 1 heterocycles. The summed E-state index contributed by atoms with van der Waals surface area (Å²) in [7, 11) is 1.54. The molecule has 5 nitrogen and oxygen atoms in total. The molecule has 0 aliphatic carbocycles. The molecule has 0 aromatic heterocycles. The second-order valence-corrected chi connectivity index (χ2v) is 6.83. The Labute approximate surface area is 157 Å². The molecule has 2 aromatic rings. The lowest BCUT2D eigenvalue weighted by Gasteiger charge is -2.27. The third-order valence-electron chi connectivity index (χ3n) is 4.29. The van der Waals surface area contributed by atoms with Crippen LogP contribution in [0.25, 0.3) is 0 Å². The Balaban J connectivity index is 2.21. The van der Waals surface area contributed by atoms with E-state index >= 15 is 0 Å². The van der Waals surface area contributed by atoms with Crippen molar-refractivity contribution in [1.82, 2.24) is 4.90 Å². The van der Waals surface area contributed by atoms with Gasteiger partial charge in [-0.1, -0.05) is 34.1 Å². The van der Waals surface area contributed by atoms with Crippen molar-refractivity contribution < 1.29 is 18.3 Å². The molecule has 1 aliphatic heterocycles. The maximum Gasteiger partial charge on any atom is 0.387 e. The molecule has 2 aromatic carbocycles. The van der Waals surface area contributed by atoms with Crippen LogP contribution in [0.3, 0.4) is 0 Å². The minimum absolute atomic E-state index is 0.0453. The fourth-order valence-electron chi connectivity index (χ4n) is 3.00. The molecule has 0 radical (unpaired) electrons. The van der Waals surface area contributed by atoms with Gasteiger partial charge in [-0.05, 0) is 47.9 Å². The van der Waals surface area contributed by atoms with Crippen LogP contribution in [-0.2, 0) is 10.3 Å². The molecule has 2 N–H and O–H groups in total. The number of nitrogens with two attached hydrogens (primary N) is 1. The highest BCUT2D eigenvalue weighted by Crippen LogP contribution is 2.41. The molecular weight excluding hydrogens is 408 g/mol. The number of alkyl halides is 2. The maximum atomic E-state index is 13.1. The average Bonchev–Trinajstić information content (AvgIpc) is 2.81. The van der Waals surface area contributed by atoms with Gasteiger partial charge >= 0.3 is 6.61 Å². The van der Waals surface area contributed by atoms with E-state index in [0.717, 1.165) is 4.47 Å². The van der Waals surface area contributed by atoms with Gasteiger partial charge in [0.05, 0.1) is 0 Å². The van der Waals surface area contributed by atoms with E-state index in [9.17, 15) is 13.6 Å². The first-order valence-corrected chi connectivity index (χ1v) is 8.50. The average molecular weight is 424 g/mol. The van der Waals surface area contributed by atoms with Crippen LogP contribution < -0.4 is 10.5 Å². The van der Waals surface area contributed by atoms with Crippen molar-refractivity contribution in [3.8, 4) is 5.75 Å². The number of hydrogen-bond donors (Lipinski definition) is 1. The smallest absolute Gasteiger partial charge is 0.387 e. The van der Waals surface area contributed by atoms with Gasteiger partial charge in [-0.15, -0.1) is 0 Å². The Morgan fingerprint density at radius 3 is 2.46 bits per heavy atom. The highest BCUT2D eigenvalue weighted by Gasteiger charge is 2.49. The molecule has 136 valence electrons. The Bertz CT molecular complexity index is 904. The first-order chi connectivity index (χ1) is 12.3. The highest BCUT2D eigenvalue weighted by atomic mass is 79.9. The third-order valence-corrected chi connectivity index (χ3v) is 4.78. The monoisotopic (exact) mass is 423 g/mol. The Hall–Kier alpha value is -2.48. The van der Waals surface area contributed by atoms with E-state index < -0.39 is 12.2 Å². The van der Waals surface area contributed by atoms with Crippen LogP contribution in [-0.4, -0.2) is 30.4 Å². The van der Waals surface area contributed by atoms with Crippen LogP contribution in [0.2, 0.25) is 0 Å². The van der Waals surface area contributed by atoms with Crippen LogP contribution in [0, 0.1) is 6.92 Å². The molecule has 8 heteroatoms. The number of benzene rings is 2. The SMILES string of the molecule is Cc1cc([C@@]2(c3cccc(Br)c3)N=C(N)N(C)C2=O)ccc1OC(F)F. The second-order valence-electron chi connectivity index (χ2n) is 5.91. The number of ether oxygens (including phenoxy) is 1. The lowest BCUT2D eigenvalue weighted by molar-refractivity contribution is -0.129. The lowest BCUT2D eigenvalue weighted by atomic mass is 9.82. The molecule has 3 rings (SSSR count). The number of rotatable bonds is 4. The highest BCUT2D eigenvalue weighted by molar-refractivity contribution is 9.10. The van der Waals surface area contributed by atoms with Crippen LogP contribution in [0.1, 0.15) is 16.7 Å². The standard InChI is InChI=1S/C18H16BrF2N3O2/c1-10-8-12(6-7-14(10)26-16(20)21)18(11-4-3-5-13(19)9-11)15(25)24(2)17(22)23-18/h3-9,16H,1-2H3,(H2,22,23)/t18-/m1/s1. The first-order valence-electron chi connectivity index (χ1n) is 7.71. The normalized spacial score (nSPS) is 19.8. The molecule has 1 amide bonds. The van der Waals surface area contributed by atoms with Crippen molar-refractivity contribution in [3.63, 3.8) is 0 Å². The summed E-state index contributed by atoms with van der Waals surface area (Å²) in [5, 5.41) is 0. The Kier molecular flexibility index (Phi) is 4.70. The summed E-state index contributed by atoms with van der Waals surface area (Å²) in [4.78, 5) is 18.8. The number of carbonyl (C=O) groups is 1. The van der Waals surface area contributed by atoms with E-state index in [0.29, 0.717) is 16.7 Å². The summed E-state index contributed by atoms with van der Waals surface area (Å²) in [5.74, 6) is -0.195. The molecule has 1 aliphatic rings. The van der Waals surface area contributed by atoms with Crippen molar-refractivity contribution in [2.24, 2.45) is 10.7 Å². The van der Waals surface area contributed by atoms with Crippen LogP contribution in [0.4, 0.5) is 8.78 Å². The van der Waals surface area contributed by atoms with E-state index in [1.807, 2.05) is 6.07 Å². The van der Waals surface area contributed by atoms with Gasteiger partial charge in [0.25, 0.3) is 5.91 Å². The Morgan fingerprint density at radius 2 is 1.92 bits per heavy atom. The fourth-order valence-corrected chi connectivity index (χ4v) is 3.40. The van der Waals surface area contributed by atoms with Gasteiger partial charge in [0, 0.05) is 11.5 Å². The lowest BCUT2D eigenvalue weighted by Crippen LogP contribution is -2.41. The minimum atomic E-state index is -2.92. The zero-order valence-electron chi connectivity index (χ0n) is 14.0. The van der Waals surface area contributed by atoms with E-state index in [4.69, 9.17) is 5.73 Å². The van der Waals surface area contributed by atoms with Gasteiger partial charge in [0.2, 0.25) is 0 Å². The van der Waals surface area contributed by atoms with Crippen LogP contribution >= 0.6 is 15.9 Å². The van der Waals surface area contributed by atoms with Gasteiger partial charge in [0.1, 0.15) is 5.75 Å². The zero-order chi connectivity index (χ0) is 19.1. The molecule has 0 fully saturated rings. The predicted octanol–water partition coefficient (Wildman–Crippen LogP) is 3.39. The van der Waals surface area contributed by atoms with Crippen molar-refractivity contribution in [2.75, 3.05) is 7.05 Å². The van der Waals surface area contributed by atoms with E-state index in [1.165, 1.54) is 11.0 Å². The van der Waals surface area contributed by atoms with E-state index in [-0.39, 0.29) is 17.6 Å². The number of aliphatic imine (C=N–C) groups is 1. The molecule has 26 heavy (non-hydrogen) atoms. The predicted molar refractivity (Wildman–Crippen MR) is 97.1 cm³/mol. The zero-order valence-corrected chi connectivity index (χ0v) is 15.6. The molecule has 0 bridgehead atoms. The molecule has 0 saturated heterocycles. The van der Waals surface area contributed by atoms with Gasteiger partial charge in [-0.2, -0.15) is 8.78 Å². The molecule has 0 spiro atoms. The van der Waals surface area contributed by atoms with Crippen molar-refractivity contribution in [3.05, 3.63) is 63.6 Å². The Morgan fingerprint density at radius 1 is 1.23 bits per heavy atom. The summed E-state index contributed by atoms with van der Waals surface area (Å²) in [6.45, 7) is -1.29. The number of hydrogen-bond acceptors (Lipinski definition) is 4. The third kappa shape index (κ3) is 2.94. The van der Waals surface area contributed by atoms with Gasteiger partial charge in [-0.25, -0.2) is 4.99 Å².